The van der Waals surface area contributed by atoms with E-state index in [0.717, 1.165) is 19.6 Å². The summed E-state index contributed by atoms with van der Waals surface area (Å²) in [7, 11) is 0. The van der Waals surface area contributed by atoms with Crippen LogP contribution in [0.5, 0.6) is 0 Å². The normalized spacial score (nSPS) is 19.2. The van der Waals surface area contributed by atoms with Crippen molar-refractivity contribution in [3.63, 3.8) is 0 Å². The van der Waals surface area contributed by atoms with Gasteiger partial charge in [0, 0.05) is 19.6 Å². The first-order valence-corrected chi connectivity index (χ1v) is 6.99. The lowest BCUT2D eigenvalue weighted by Crippen LogP contribution is -2.46. The van der Waals surface area contributed by atoms with Gasteiger partial charge >= 0.3 is 0 Å². The molecule has 0 aliphatic heterocycles. The summed E-state index contributed by atoms with van der Waals surface area (Å²) in [4.78, 5) is 14.0. The van der Waals surface area contributed by atoms with Crippen LogP contribution in [0.4, 0.5) is 0 Å². The number of amides is 1. The van der Waals surface area contributed by atoms with E-state index in [1.54, 1.807) is 0 Å². The highest BCUT2D eigenvalue weighted by Gasteiger charge is 2.45. The van der Waals surface area contributed by atoms with E-state index in [0.29, 0.717) is 11.3 Å². The maximum atomic E-state index is 12.1. The molecule has 1 fully saturated rings. The van der Waals surface area contributed by atoms with Crippen LogP contribution in [0.2, 0.25) is 0 Å². The van der Waals surface area contributed by atoms with Crippen LogP contribution in [0.15, 0.2) is 0 Å². The third-order valence-corrected chi connectivity index (χ3v) is 4.32. The lowest BCUT2D eigenvalue weighted by Gasteiger charge is -2.26. The summed E-state index contributed by atoms with van der Waals surface area (Å²) < 4.78 is 0. The van der Waals surface area contributed by atoms with Gasteiger partial charge in [-0.2, -0.15) is 0 Å². The van der Waals surface area contributed by atoms with Gasteiger partial charge in [0.25, 0.3) is 0 Å². The Balaban J connectivity index is 2.39. The maximum Gasteiger partial charge on any atom is 0.239 e. The van der Waals surface area contributed by atoms with Crippen molar-refractivity contribution >= 4 is 5.91 Å². The van der Waals surface area contributed by atoms with Gasteiger partial charge < -0.3 is 10.2 Å². The Morgan fingerprint density at radius 1 is 1.24 bits per heavy atom. The molecule has 0 bridgehead atoms. The van der Waals surface area contributed by atoms with Crippen LogP contribution in [0.1, 0.15) is 47.5 Å². The van der Waals surface area contributed by atoms with Crippen LogP contribution in [-0.4, -0.2) is 36.5 Å². The van der Waals surface area contributed by atoms with E-state index in [9.17, 15) is 4.79 Å². The fourth-order valence-corrected chi connectivity index (χ4v) is 2.37. The summed E-state index contributed by atoms with van der Waals surface area (Å²) >= 11 is 0. The number of carbonyl (C=O) groups is 1. The maximum absolute atomic E-state index is 12.1. The first-order chi connectivity index (χ1) is 7.96. The summed E-state index contributed by atoms with van der Waals surface area (Å²) in [6.07, 6.45) is 2.62. The van der Waals surface area contributed by atoms with Crippen molar-refractivity contribution in [3.05, 3.63) is 0 Å². The number of nitrogens with zero attached hydrogens (tertiary/aromatic N) is 1. The van der Waals surface area contributed by atoms with Gasteiger partial charge in [-0.3, -0.25) is 4.79 Å². The van der Waals surface area contributed by atoms with E-state index in [4.69, 9.17) is 0 Å². The molecule has 0 radical (unpaired) electrons. The zero-order valence-electron chi connectivity index (χ0n) is 12.0. The fourth-order valence-electron chi connectivity index (χ4n) is 2.37. The molecule has 1 rings (SSSR count). The van der Waals surface area contributed by atoms with E-state index in [1.165, 1.54) is 12.8 Å². The van der Waals surface area contributed by atoms with Gasteiger partial charge in [0.1, 0.15) is 0 Å². The van der Waals surface area contributed by atoms with Crippen LogP contribution in [0.3, 0.4) is 0 Å². The highest BCUT2D eigenvalue weighted by atomic mass is 16.2. The molecule has 3 nitrogen and oxygen atoms in total. The van der Waals surface area contributed by atoms with Crippen molar-refractivity contribution in [1.29, 1.82) is 0 Å². The molecule has 1 unspecified atom stereocenters. The fraction of sp³-hybridized carbons (Fsp3) is 0.929. The summed E-state index contributed by atoms with van der Waals surface area (Å²) in [6.45, 7) is 13.2. The first-order valence-electron chi connectivity index (χ1n) is 6.99. The van der Waals surface area contributed by atoms with Gasteiger partial charge in [-0.05, 0) is 44.9 Å². The number of rotatable bonds is 7. The minimum atomic E-state index is -0.0499. The van der Waals surface area contributed by atoms with Crippen LogP contribution in [0.25, 0.3) is 0 Å². The number of hydrogen-bond donors (Lipinski definition) is 1. The van der Waals surface area contributed by atoms with Crippen molar-refractivity contribution < 1.29 is 4.79 Å². The first kappa shape index (κ1) is 14.5. The van der Waals surface area contributed by atoms with Gasteiger partial charge in [0.15, 0.2) is 0 Å². The number of nitrogens with one attached hydrogen (secondary N) is 1. The minimum Gasteiger partial charge on any atom is -0.342 e. The lowest BCUT2D eigenvalue weighted by atomic mass is 9.92. The molecule has 0 spiro atoms. The van der Waals surface area contributed by atoms with E-state index in [-0.39, 0.29) is 11.9 Å². The van der Waals surface area contributed by atoms with E-state index in [2.05, 4.69) is 19.2 Å². The molecule has 0 saturated heterocycles. The molecule has 1 aliphatic carbocycles. The quantitative estimate of drug-likeness (QED) is 0.740. The predicted molar refractivity (Wildman–Crippen MR) is 71.9 cm³/mol. The average molecular weight is 240 g/mol. The molecule has 3 heteroatoms. The largest absolute Gasteiger partial charge is 0.342 e. The number of likely N-dealkylation sites (N-methyl/N-ethyl adjacent to an activating group) is 1. The Kier molecular flexibility index (Phi) is 4.99. The smallest absolute Gasteiger partial charge is 0.239 e. The van der Waals surface area contributed by atoms with Gasteiger partial charge in [-0.25, -0.2) is 0 Å². The molecule has 1 aliphatic rings. The summed E-state index contributed by atoms with van der Waals surface area (Å²) in [5, 5.41) is 3.42. The number of hydrogen-bond acceptors (Lipinski definition) is 2. The van der Waals surface area contributed by atoms with Gasteiger partial charge in [-0.1, -0.05) is 13.8 Å². The second kappa shape index (κ2) is 5.85. The standard InChI is InChI=1S/C14H28N2O/c1-6-16(7-2)13(17)12(5)15-10-14(8-9-14)11(3)4/h11-12,15H,6-10H2,1-5H3. The van der Waals surface area contributed by atoms with Crippen molar-refractivity contribution in [3.8, 4) is 0 Å². The Hall–Kier alpha value is -0.570. The predicted octanol–water partition coefficient (Wildman–Crippen LogP) is 2.27. The second-order valence-electron chi connectivity index (χ2n) is 5.63. The monoisotopic (exact) mass is 240 g/mol. The molecule has 100 valence electrons. The molecule has 17 heavy (non-hydrogen) atoms. The Morgan fingerprint density at radius 2 is 1.76 bits per heavy atom. The Labute approximate surface area is 106 Å². The summed E-state index contributed by atoms with van der Waals surface area (Å²) in [5.41, 5.74) is 0.470. The average Bonchev–Trinajstić information content (AvgIpc) is 3.08. The summed E-state index contributed by atoms with van der Waals surface area (Å²) in [6, 6.07) is -0.0499. The van der Waals surface area contributed by atoms with Gasteiger partial charge in [-0.15, -0.1) is 0 Å². The topological polar surface area (TPSA) is 32.3 Å². The van der Waals surface area contributed by atoms with Crippen molar-refractivity contribution in [1.82, 2.24) is 10.2 Å². The summed E-state index contributed by atoms with van der Waals surface area (Å²) in [5.74, 6) is 0.945. The third kappa shape index (κ3) is 3.44. The SMILES string of the molecule is CCN(CC)C(=O)C(C)NCC1(C(C)C)CC1. The molecular weight excluding hydrogens is 212 g/mol. The number of carbonyl (C=O) groups excluding carboxylic acids is 1. The highest BCUT2D eigenvalue weighted by molar-refractivity contribution is 5.81. The molecule has 1 atom stereocenters. The van der Waals surface area contributed by atoms with E-state index < -0.39 is 0 Å². The zero-order chi connectivity index (χ0) is 13.1. The third-order valence-electron chi connectivity index (χ3n) is 4.32. The zero-order valence-corrected chi connectivity index (χ0v) is 12.0. The molecule has 0 aromatic carbocycles. The van der Waals surface area contributed by atoms with Crippen LogP contribution < -0.4 is 5.32 Å². The molecule has 0 aromatic rings. The lowest BCUT2D eigenvalue weighted by molar-refractivity contribution is -0.132. The highest BCUT2D eigenvalue weighted by Crippen LogP contribution is 2.51. The Morgan fingerprint density at radius 3 is 2.12 bits per heavy atom. The molecule has 1 amide bonds. The van der Waals surface area contributed by atoms with Crippen LogP contribution in [-0.2, 0) is 4.79 Å². The second-order valence-corrected chi connectivity index (χ2v) is 5.63. The van der Waals surface area contributed by atoms with Crippen molar-refractivity contribution in [2.45, 2.75) is 53.5 Å². The van der Waals surface area contributed by atoms with Crippen molar-refractivity contribution in [2.75, 3.05) is 19.6 Å². The molecular formula is C14H28N2O. The molecule has 1 N–H and O–H groups in total. The Bertz CT molecular complexity index is 255. The van der Waals surface area contributed by atoms with Crippen molar-refractivity contribution in [2.24, 2.45) is 11.3 Å². The molecule has 0 aromatic heterocycles. The van der Waals surface area contributed by atoms with Crippen LogP contribution in [0, 0.1) is 11.3 Å². The van der Waals surface area contributed by atoms with Gasteiger partial charge in [0.05, 0.1) is 6.04 Å². The van der Waals surface area contributed by atoms with Gasteiger partial charge in [0.2, 0.25) is 5.91 Å². The molecule has 0 heterocycles. The molecule has 1 saturated carbocycles. The minimum absolute atomic E-state index is 0.0499. The van der Waals surface area contributed by atoms with E-state index in [1.807, 2.05) is 25.7 Å². The van der Waals surface area contributed by atoms with E-state index >= 15 is 0 Å². The van der Waals surface area contributed by atoms with Crippen LogP contribution >= 0.6 is 0 Å².